The van der Waals surface area contributed by atoms with Gasteiger partial charge in [-0.1, -0.05) is 12.1 Å². The number of furan rings is 1. The molecule has 0 aliphatic carbocycles. The lowest BCUT2D eigenvalue weighted by Gasteiger charge is -2.08. The van der Waals surface area contributed by atoms with Crippen LogP contribution < -0.4 is 10.1 Å². The third-order valence-corrected chi connectivity index (χ3v) is 4.08. The van der Waals surface area contributed by atoms with Gasteiger partial charge in [-0.15, -0.1) is 0 Å². The molecule has 0 aliphatic heterocycles. The largest absolute Gasteiger partial charge is 0.472 e. The predicted molar refractivity (Wildman–Crippen MR) is 103 cm³/mol. The monoisotopic (exact) mass is 392 g/mol. The predicted octanol–water partition coefficient (Wildman–Crippen LogP) is 5.66. The van der Waals surface area contributed by atoms with Crippen LogP contribution in [-0.2, 0) is 0 Å². The fraction of sp³-hybridized carbons (Fsp3) is 0. The van der Waals surface area contributed by atoms with Crippen molar-refractivity contribution in [2.75, 3.05) is 5.32 Å². The molecule has 0 aliphatic rings. The topological polar surface area (TPSA) is 64.4 Å². The van der Waals surface area contributed by atoms with Crippen molar-refractivity contribution >= 4 is 11.7 Å². The summed E-state index contributed by atoms with van der Waals surface area (Å²) in [6.07, 6.45) is 4.50. The van der Waals surface area contributed by atoms with Gasteiger partial charge in [-0.2, -0.15) is 0 Å². The number of nitrogens with one attached hydrogen (secondary N) is 1. The molecule has 0 spiro atoms. The fourth-order valence-corrected chi connectivity index (χ4v) is 2.66. The van der Waals surface area contributed by atoms with E-state index in [9.17, 15) is 13.6 Å². The van der Waals surface area contributed by atoms with E-state index in [2.05, 4.69) is 10.3 Å². The Hall–Kier alpha value is -4.00. The lowest BCUT2D eigenvalue weighted by Crippen LogP contribution is -2.12. The number of hydrogen-bond donors (Lipinski definition) is 1. The quantitative estimate of drug-likeness (QED) is 0.476. The molecule has 2 heterocycles. The van der Waals surface area contributed by atoms with Crippen molar-refractivity contribution in [1.82, 2.24) is 4.98 Å². The highest BCUT2D eigenvalue weighted by Gasteiger charge is 2.10. The molecule has 4 aromatic rings. The van der Waals surface area contributed by atoms with E-state index in [0.717, 1.165) is 23.3 Å². The molecule has 29 heavy (non-hydrogen) atoms. The molecule has 2 aromatic carbocycles. The van der Waals surface area contributed by atoms with Crippen molar-refractivity contribution in [2.45, 2.75) is 0 Å². The third kappa shape index (κ3) is 4.30. The van der Waals surface area contributed by atoms with Gasteiger partial charge in [0.25, 0.3) is 5.91 Å². The van der Waals surface area contributed by atoms with Gasteiger partial charge in [0.1, 0.15) is 17.4 Å². The third-order valence-electron chi connectivity index (χ3n) is 4.08. The van der Waals surface area contributed by atoms with Crippen molar-refractivity contribution in [3.8, 4) is 22.6 Å². The van der Waals surface area contributed by atoms with Gasteiger partial charge in [0, 0.05) is 17.2 Å². The Labute approximate surface area is 164 Å². The van der Waals surface area contributed by atoms with E-state index in [4.69, 9.17) is 9.15 Å². The summed E-state index contributed by atoms with van der Waals surface area (Å²) in [5.74, 6) is -1.42. The fourth-order valence-electron chi connectivity index (χ4n) is 2.66. The van der Waals surface area contributed by atoms with Crippen molar-refractivity contribution in [3.05, 3.63) is 96.6 Å². The molecule has 144 valence electrons. The van der Waals surface area contributed by atoms with Crippen molar-refractivity contribution in [1.29, 1.82) is 0 Å². The second-order valence-electron chi connectivity index (χ2n) is 6.10. The molecule has 4 rings (SSSR count). The van der Waals surface area contributed by atoms with Crippen LogP contribution in [0.15, 0.2) is 83.8 Å². The van der Waals surface area contributed by atoms with E-state index in [1.807, 2.05) is 6.07 Å². The average Bonchev–Trinajstić information content (AvgIpc) is 3.26. The zero-order valence-electron chi connectivity index (χ0n) is 14.9. The maximum absolute atomic E-state index is 13.7. The number of nitrogens with zero attached hydrogens (tertiary/aromatic N) is 1. The van der Waals surface area contributed by atoms with Gasteiger partial charge in [-0.05, 0) is 48.0 Å². The number of aromatic nitrogens is 1. The molecule has 0 saturated heterocycles. The van der Waals surface area contributed by atoms with Crippen LogP contribution in [0.4, 0.5) is 14.6 Å². The van der Waals surface area contributed by atoms with Crippen LogP contribution in [-0.4, -0.2) is 10.9 Å². The Bertz CT molecular complexity index is 1140. The molecule has 0 atom stereocenters. The first kappa shape index (κ1) is 18.4. The zero-order valence-corrected chi connectivity index (χ0v) is 14.9. The number of amides is 1. The number of anilines is 1. The normalized spacial score (nSPS) is 10.6. The zero-order chi connectivity index (χ0) is 20.2. The molecular formula is C22H14F2N2O3. The summed E-state index contributed by atoms with van der Waals surface area (Å²) in [4.78, 5) is 16.6. The minimum Gasteiger partial charge on any atom is -0.472 e. The maximum atomic E-state index is 13.7. The summed E-state index contributed by atoms with van der Waals surface area (Å²) >= 11 is 0. The van der Waals surface area contributed by atoms with Gasteiger partial charge >= 0.3 is 0 Å². The van der Waals surface area contributed by atoms with E-state index in [0.29, 0.717) is 11.4 Å². The van der Waals surface area contributed by atoms with Gasteiger partial charge in [-0.3, -0.25) is 4.79 Å². The number of pyridine rings is 1. The minimum absolute atomic E-state index is 0.124. The van der Waals surface area contributed by atoms with E-state index in [1.165, 1.54) is 24.4 Å². The lowest BCUT2D eigenvalue weighted by atomic mass is 10.1. The van der Waals surface area contributed by atoms with Crippen LogP contribution in [0.1, 0.15) is 10.4 Å². The molecule has 0 radical (unpaired) electrons. The van der Waals surface area contributed by atoms with E-state index < -0.39 is 11.6 Å². The van der Waals surface area contributed by atoms with Gasteiger partial charge in [0.2, 0.25) is 0 Å². The van der Waals surface area contributed by atoms with Crippen LogP contribution in [0.5, 0.6) is 11.5 Å². The molecule has 0 saturated carbocycles. The second kappa shape index (κ2) is 7.93. The molecule has 0 fully saturated rings. The first-order valence-electron chi connectivity index (χ1n) is 8.61. The molecule has 1 N–H and O–H groups in total. The lowest BCUT2D eigenvalue weighted by molar-refractivity contribution is 0.102. The summed E-state index contributed by atoms with van der Waals surface area (Å²) in [6.45, 7) is 0. The summed E-state index contributed by atoms with van der Waals surface area (Å²) < 4.78 is 37.0. The van der Waals surface area contributed by atoms with E-state index >= 15 is 0 Å². The maximum Gasteiger partial charge on any atom is 0.256 e. The van der Waals surface area contributed by atoms with Crippen LogP contribution >= 0.6 is 0 Å². The Morgan fingerprint density at radius 2 is 1.90 bits per heavy atom. The standard InChI is InChI=1S/C22H14F2N2O3/c23-17-4-6-20(19(24)11-17)29-18-5-7-21(25-12-18)26-22(27)15-3-1-2-14(10-15)16-8-9-28-13-16/h1-13H,(H,25,26,27). The van der Waals surface area contributed by atoms with Crippen molar-refractivity contribution in [2.24, 2.45) is 0 Å². The Kier molecular flexibility index (Phi) is 5.03. The number of halogens is 2. The average molecular weight is 392 g/mol. The Morgan fingerprint density at radius 3 is 2.62 bits per heavy atom. The van der Waals surface area contributed by atoms with Crippen LogP contribution in [0.25, 0.3) is 11.1 Å². The minimum atomic E-state index is -0.820. The summed E-state index contributed by atoms with van der Waals surface area (Å²) in [6, 6.07) is 15.0. The van der Waals surface area contributed by atoms with Crippen LogP contribution in [0, 0.1) is 11.6 Å². The highest BCUT2D eigenvalue weighted by Crippen LogP contribution is 2.25. The number of rotatable bonds is 5. The van der Waals surface area contributed by atoms with Crippen LogP contribution in [0.3, 0.4) is 0 Å². The molecule has 7 heteroatoms. The van der Waals surface area contributed by atoms with Crippen LogP contribution in [0.2, 0.25) is 0 Å². The molecule has 1 amide bonds. The molecule has 0 unspecified atom stereocenters. The highest BCUT2D eigenvalue weighted by molar-refractivity contribution is 6.04. The first-order valence-corrected chi connectivity index (χ1v) is 8.61. The molecule has 5 nitrogen and oxygen atoms in total. The Balaban J connectivity index is 1.45. The molecular weight excluding hydrogens is 378 g/mol. The number of benzene rings is 2. The second-order valence-corrected chi connectivity index (χ2v) is 6.10. The van der Waals surface area contributed by atoms with Gasteiger partial charge in [0.05, 0.1) is 18.7 Å². The summed E-state index contributed by atoms with van der Waals surface area (Å²) in [5.41, 5.74) is 2.18. The van der Waals surface area contributed by atoms with E-state index in [1.54, 1.807) is 36.8 Å². The SMILES string of the molecule is O=C(Nc1ccc(Oc2ccc(F)cc2F)cn1)c1cccc(-c2ccoc2)c1. The van der Waals surface area contributed by atoms with Crippen molar-refractivity contribution in [3.63, 3.8) is 0 Å². The molecule has 2 aromatic heterocycles. The Morgan fingerprint density at radius 1 is 1.00 bits per heavy atom. The summed E-state index contributed by atoms with van der Waals surface area (Å²) in [7, 11) is 0. The molecule has 0 bridgehead atoms. The number of hydrogen-bond acceptors (Lipinski definition) is 4. The van der Waals surface area contributed by atoms with Crippen molar-refractivity contribution < 1.29 is 22.7 Å². The first-order chi connectivity index (χ1) is 14.1. The van der Waals surface area contributed by atoms with E-state index in [-0.39, 0.29) is 17.4 Å². The number of carbonyl (C=O) groups is 1. The number of carbonyl (C=O) groups excluding carboxylic acids is 1. The smallest absolute Gasteiger partial charge is 0.256 e. The summed E-state index contributed by atoms with van der Waals surface area (Å²) in [5, 5.41) is 2.69. The highest BCUT2D eigenvalue weighted by atomic mass is 19.1. The van der Waals surface area contributed by atoms with Gasteiger partial charge in [0.15, 0.2) is 11.6 Å². The van der Waals surface area contributed by atoms with Gasteiger partial charge in [-0.25, -0.2) is 13.8 Å². The number of ether oxygens (including phenoxy) is 1. The van der Waals surface area contributed by atoms with Gasteiger partial charge < -0.3 is 14.5 Å².